The highest BCUT2D eigenvalue weighted by Gasteiger charge is 2.18. The molecule has 0 radical (unpaired) electrons. The smallest absolute Gasteiger partial charge is 0.123 e. The van der Waals surface area contributed by atoms with E-state index in [9.17, 15) is 0 Å². The summed E-state index contributed by atoms with van der Waals surface area (Å²) in [6, 6.07) is 14.7. The third-order valence-electron chi connectivity index (χ3n) is 5.42. The molecule has 1 fully saturated rings. The van der Waals surface area contributed by atoms with Crippen molar-refractivity contribution < 1.29 is 0 Å². The number of aromatic nitrogens is 1. The molecule has 0 amide bonds. The van der Waals surface area contributed by atoms with Gasteiger partial charge in [-0.3, -0.25) is 0 Å². The number of piperidine rings is 1. The molecular weight excluding hydrogens is 356 g/mol. The Morgan fingerprint density at radius 3 is 2.52 bits per heavy atom. The molecule has 0 unspecified atom stereocenters. The van der Waals surface area contributed by atoms with Crippen LogP contribution in [0.25, 0.3) is 6.08 Å². The van der Waals surface area contributed by atoms with Crippen LogP contribution in [0.4, 0.5) is 5.82 Å². The summed E-state index contributed by atoms with van der Waals surface area (Å²) in [6.45, 7) is 7.01. The second-order valence-corrected chi connectivity index (χ2v) is 7.74. The van der Waals surface area contributed by atoms with Gasteiger partial charge in [-0.25, -0.2) is 4.98 Å². The number of nitrogen functional groups attached to an aromatic ring is 1. The molecule has 1 aliphatic heterocycles. The first kappa shape index (κ1) is 23.1. The van der Waals surface area contributed by atoms with Crippen LogP contribution >= 0.6 is 0 Å². The van der Waals surface area contributed by atoms with E-state index in [4.69, 9.17) is 5.73 Å². The fourth-order valence-electron chi connectivity index (χ4n) is 3.55. The Balaban J connectivity index is 0.000000234. The minimum absolute atomic E-state index is 0.568. The zero-order valence-corrected chi connectivity index (χ0v) is 18.2. The molecule has 3 rings (SSSR count). The average molecular weight is 395 g/mol. The second kappa shape index (κ2) is 13.9. The first-order valence-electron chi connectivity index (χ1n) is 11.0. The Kier molecular flexibility index (Phi) is 11.1. The zero-order valence-electron chi connectivity index (χ0n) is 18.2. The minimum atomic E-state index is 0.568. The summed E-state index contributed by atoms with van der Waals surface area (Å²) in [5.41, 5.74) is 8.01. The predicted octanol–water partition coefficient (Wildman–Crippen LogP) is 4.64. The van der Waals surface area contributed by atoms with Gasteiger partial charge in [0.1, 0.15) is 5.82 Å². The molecule has 0 atom stereocenters. The summed E-state index contributed by atoms with van der Waals surface area (Å²) in [6.07, 6.45) is 12.3. The Bertz CT molecular complexity index is 674. The van der Waals surface area contributed by atoms with Gasteiger partial charge < -0.3 is 16.0 Å². The van der Waals surface area contributed by atoms with Gasteiger partial charge in [0.25, 0.3) is 0 Å². The van der Waals surface area contributed by atoms with E-state index in [-0.39, 0.29) is 0 Å². The largest absolute Gasteiger partial charge is 0.384 e. The van der Waals surface area contributed by atoms with Crippen LogP contribution in [0.1, 0.15) is 43.7 Å². The van der Waals surface area contributed by atoms with Gasteiger partial charge in [-0.05, 0) is 81.4 Å². The van der Waals surface area contributed by atoms with Crippen LogP contribution in [0.2, 0.25) is 0 Å². The molecule has 0 saturated carbocycles. The number of anilines is 1. The molecule has 0 spiro atoms. The summed E-state index contributed by atoms with van der Waals surface area (Å²) >= 11 is 0. The average Bonchev–Trinajstić information content (AvgIpc) is 2.78. The minimum Gasteiger partial charge on any atom is -0.384 e. The highest BCUT2D eigenvalue weighted by Crippen LogP contribution is 2.22. The first-order chi connectivity index (χ1) is 14.2. The number of rotatable bonds is 8. The van der Waals surface area contributed by atoms with E-state index in [1.807, 2.05) is 19.2 Å². The second-order valence-electron chi connectivity index (χ2n) is 7.74. The van der Waals surface area contributed by atoms with Gasteiger partial charge >= 0.3 is 0 Å². The lowest BCUT2D eigenvalue weighted by Crippen LogP contribution is -2.37. The molecule has 2 heterocycles. The number of benzene rings is 1. The molecule has 0 bridgehead atoms. The number of hydrogen-bond acceptors (Lipinski definition) is 4. The lowest BCUT2D eigenvalue weighted by Gasteiger charge is -2.31. The number of nitrogens with two attached hydrogens (primary N) is 1. The summed E-state index contributed by atoms with van der Waals surface area (Å²) < 4.78 is 0. The van der Waals surface area contributed by atoms with E-state index in [2.05, 4.69) is 58.5 Å². The van der Waals surface area contributed by atoms with E-state index in [1.165, 1.54) is 50.9 Å². The quantitative estimate of drug-likeness (QED) is 0.685. The van der Waals surface area contributed by atoms with Crippen LogP contribution < -0.4 is 11.1 Å². The van der Waals surface area contributed by atoms with Crippen LogP contribution in [-0.2, 0) is 6.42 Å². The molecular formula is C25H38N4. The van der Waals surface area contributed by atoms with Gasteiger partial charge in [0, 0.05) is 19.3 Å². The van der Waals surface area contributed by atoms with E-state index in [1.54, 1.807) is 12.3 Å². The van der Waals surface area contributed by atoms with Gasteiger partial charge in [0.05, 0.1) is 0 Å². The summed E-state index contributed by atoms with van der Waals surface area (Å²) in [5, 5.41) is 3.23. The fourth-order valence-corrected chi connectivity index (χ4v) is 3.55. The molecule has 0 aliphatic carbocycles. The normalized spacial score (nSPS) is 15.2. The number of allylic oxidation sites excluding steroid dienone is 1. The molecule has 158 valence electrons. The Hall–Kier alpha value is -2.17. The van der Waals surface area contributed by atoms with Crippen molar-refractivity contribution in [1.82, 2.24) is 15.2 Å². The van der Waals surface area contributed by atoms with Crippen molar-refractivity contribution in [1.29, 1.82) is 0 Å². The third-order valence-corrected chi connectivity index (χ3v) is 5.42. The summed E-state index contributed by atoms with van der Waals surface area (Å²) in [7, 11) is 2.03. The van der Waals surface area contributed by atoms with E-state index < -0.39 is 0 Å². The molecule has 29 heavy (non-hydrogen) atoms. The van der Waals surface area contributed by atoms with Crippen molar-refractivity contribution in [3.63, 3.8) is 0 Å². The Labute approximate surface area is 177 Å². The third kappa shape index (κ3) is 9.73. The molecule has 1 saturated heterocycles. The molecule has 1 aromatic heterocycles. The summed E-state index contributed by atoms with van der Waals surface area (Å²) in [4.78, 5) is 6.55. The zero-order chi connectivity index (χ0) is 20.7. The molecule has 3 N–H and O–H groups in total. The lowest BCUT2D eigenvalue weighted by molar-refractivity contribution is 0.181. The number of aryl methyl sites for hydroxylation is 1. The Morgan fingerprint density at radius 2 is 1.90 bits per heavy atom. The molecule has 1 aliphatic rings. The van der Waals surface area contributed by atoms with Gasteiger partial charge in [0.2, 0.25) is 0 Å². The van der Waals surface area contributed by atoms with Crippen molar-refractivity contribution in [3.05, 3.63) is 65.9 Å². The van der Waals surface area contributed by atoms with E-state index >= 15 is 0 Å². The van der Waals surface area contributed by atoms with Gasteiger partial charge in [-0.1, -0.05) is 49.4 Å². The maximum absolute atomic E-state index is 5.42. The summed E-state index contributed by atoms with van der Waals surface area (Å²) in [5.74, 6) is 1.51. The number of likely N-dealkylation sites (tertiary alicyclic amines) is 1. The van der Waals surface area contributed by atoms with Crippen LogP contribution in [-0.4, -0.2) is 43.1 Å². The monoisotopic (exact) mass is 394 g/mol. The SMILES string of the molecule is CC/C=C\c1ccc(N)nc1.CNCCN1CCC(CCc2ccccc2)CC1. The van der Waals surface area contributed by atoms with Crippen LogP contribution in [0.5, 0.6) is 0 Å². The predicted molar refractivity (Wildman–Crippen MR) is 126 cm³/mol. The first-order valence-corrected chi connectivity index (χ1v) is 11.0. The van der Waals surface area contributed by atoms with Crippen molar-refractivity contribution in [2.75, 3.05) is 39.0 Å². The number of nitrogens with one attached hydrogen (secondary N) is 1. The van der Waals surface area contributed by atoms with Crippen LogP contribution in [0, 0.1) is 5.92 Å². The number of pyridine rings is 1. The fraction of sp³-hybridized carbons (Fsp3) is 0.480. The lowest BCUT2D eigenvalue weighted by atomic mass is 9.90. The van der Waals surface area contributed by atoms with Crippen molar-refractivity contribution in [2.24, 2.45) is 5.92 Å². The van der Waals surface area contributed by atoms with E-state index in [0.29, 0.717) is 5.82 Å². The molecule has 1 aromatic carbocycles. The van der Waals surface area contributed by atoms with Crippen LogP contribution in [0.15, 0.2) is 54.7 Å². The highest BCUT2D eigenvalue weighted by molar-refractivity contribution is 5.49. The van der Waals surface area contributed by atoms with E-state index in [0.717, 1.165) is 24.4 Å². The maximum atomic E-state index is 5.42. The molecule has 4 nitrogen and oxygen atoms in total. The van der Waals surface area contributed by atoms with Crippen molar-refractivity contribution >= 4 is 11.9 Å². The van der Waals surface area contributed by atoms with Crippen LogP contribution in [0.3, 0.4) is 0 Å². The number of nitrogens with zero attached hydrogens (tertiary/aromatic N) is 2. The Morgan fingerprint density at radius 1 is 1.14 bits per heavy atom. The number of hydrogen-bond donors (Lipinski definition) is 2. The van der Waals surface area contributed by atoms with Gasteiger partial charge in [-0.15, -0.1) is 0 Å². The topological polar surface area (TPSA) is 54.2 Å². The maximum Gasteiger partial charge on any atom is 0.123 e. The molecule has 4 heteroatoms. The molecule has 2 aromatic rings. The van der Waals surface area contributed by atoms with Gasteiger partial charge in [0.15, 0.2) is 0 Å². The van der Waals surface area contributed by atoms with Crippen molar-refractivity contribution in [2.45, 2.75) is 39.0 Å². The van der Waals surface area contributed by atoms with Gasteiger partial charge in [-0.2, -0.15) is 0 Å². The van der Waals surface area contributed by atoms with Crippen molar-refractivity contribution in [3.8, 4) is 0 Å². The standard InChI is InChI=1S/C16H26N2.C9H12N2/c1-17-11-14-18-12-9-16(10-13-18)8-7-15-5-3-2-4-6-15;1-2-3-4-8-5-6-9(10)11-7-8/h2-6,16-17H,7-14H2,1H3;3-7H,2H2,1H3,(H2,10,11)/b;4-3-. The highest BCUT2D eigenvalue weighted by atomic mass is 15.1. The number of likely N-dealkylation sites (N-methyl/N-ethyl adjacent to an activating group) is 1.